The Bertz CT molecular complexity index is 888. The molecule has 1 fully saturated rings. The van der Waals surface area contributed by atoms with Crippen LogP contribution in [0.1, 0.15) is 10.5 Å². The molecule has 30 heavy (non-hydrogen) atoms. The van der Waals surface area contributed by atoms with Crippen molar-refractivity contribution in [2.75, 3.05) is 44.3 Å². The lowest BCUT2D eigenvalue weighted by atomic mass is 10.2. The number of amides is 3. The molecule has 0 saturated carbocycles. The average Bonchev–Trinajstić information content (AvgIpc) is 2.78. The van der Waals surface area contributed by atoms with Crippen molar-refractivity contribution < 1.29 is 19.1 Å². The maximum absolute atomic E-state index is 12.3. The summed E-state index contributed by atoms with van der Waals surface area (Å²) in [6, 6.07) is 12.5. The summed E-state index contributed by atoms with van der Waals surface area (Å²) in [5.74, 6) is -1.30. The van der Waals surface area contributed by atoms with E-state index in [9.17, 15) is 14.4 Å². The monoisotopic (exact) mass is 431 g/mol. The normalized spacial score (nSPS) is 13.6. The quantitative estimate of drug-likeness (QED) is 0.657. The first-order valence-corrected chi connectivity index (χ1v) is 9.77. The molecule has 0 atom stereocenters. The average molecular weight is 432 g/mol. The minimum Gasteiger partial charge on any atom is -0.368 e. The number of ether oxygens (including phenoxy) is 1. The largest absolute Gasteiger partial charge is 0.368 e. The Labute approximate surface area is 178 Å². The summed E-state index contributed by atoms with van der Waals surface area (Å²) in [6.07, 6.45) is 1.47. The summed E-state index contributed by atoms with van der Waals surface area (Å²) < 4.78 is 5.17. The molecule has 3 amide bonds. The molecule has 9 nitrogen and oxygen atoms in total. The van der Waals surface area contributed by atoms with E-state index in [1.807, 2.05) is 24.3 Å². The van der Waals surface area contributed by atoms with Gasteiger partial charge in [-0.2, -0.15) is 0 Å². The van der Waals surface area contributed by atoms with Gasteiger partial charge in [-0.25, -0.2) is 0 Å². The standard InChI is InChI=1S/C20H22ClN5O4/c21-15-4-3-5-16(12-15)25-8-10-26(11-9-25)19(28)14-30-13-18(27)23-24-20(29)17-6-1-2-7-22-17/h1-7,12H,8-11,13-14H2,(H,23,27)(H,24,29). The number of anilines is 1. The Balaban J connectivity index is 1.33. The SMILES string of the molecule is O=C(COCC(=O)N1CCN(c2cccc(Cl)c2)CC1)NNC(=O)c1ccccn1. The highest BCUT2D eigenvalue weighted by Crippen LogP contribution is 2.20. The highest BCUT2D eigenvalue weighted by molar-refractivity contribution is 6.30. The smallest absolute Gasteiger partial charge is 0.288 e. The predicted octanol–water partition coefficient (Wildman–Crippen LogP) is 0.861. The van der Waals surface area contributed by atoms with Crippen molar-refractivity contribution in [3.63, 3.8) is 0 Å². The third-order valence-electron chi connectivity index (χ3n) is 4.48. The third-order valence-corrected chi connectivity index (χ3v) is 4.71. The lowest BCUT2D eigenvalue weighted by Gasteiger charge is -2.36. The van der Waals surface area contributed by atoms with Gasteiger partial charge in [0.1, 0.15) is 18.9 Å². The van der Waals surface area contributed by atoms with Gasteiger partial charge in [0.15, 0.2) is 0 Å². The number of nitrogens with one attached hydrogen (secondary N) is 2. The van der Waals surface area contributed by atoms with E-state index in [1.165, 1.54) is 12.3 Å². The number of piperazine rings is 1. The minimum absolute atomic E-state index is 0.172. The van der Waals surface area contributed by atoms with Crippen LogP contribution >= 0.6 is 11.6 Å². The van der Waals surface area contributed by atoms with E-state index < -0.39 is 11.8 Å². The summed E-state index contributed by atoms with van der Waals surface area (Å²) in [4.78, 5) is 43.5. The molecular weight excluding hydrogens is 410 g/mol. The fourth-order valence-corrected chi connectivity index (χ4v) is 3.12. The van der Waals surface area contributed by atoms with Gasteiger partial charge in [0.05, 0.1) is 0 Å². The van der Waals surface area contributed by atoms with Crippen molar-refractivity contribution >= 4 is 35.0 Å². The van der Waals surface area contributed by atoms with Crippen LogP contribution in [0.15, 0.2) is 48.7 Å². The summed E-state index contributed by atoms with van der Waals surface area (Å²) in [5, 5.41) is 0.675. The Kier molecular flexibility index (Phi) is 7.58. The first-order valence-electron chi connectivity index (χ1n) is 9.39. The molecule has 0 radical (unpaired) electrons. The Morgan fingerprint density at radius 3 is 2.50 bits per heavy atom. The molecule has 2 heterocycles. The molecular formula is C20H22ClN5O4. The molecule has 0 aliphatic carbocycles. The van der Waals surface area contributed by atoms with Crippen LogP contribution in [0.4, 0.5) is 5.69 Å². The number of nitrogens with zero attached hydrogens (tertiary/aromatic N) is 3. The molecule has 10 heteroatoms. The zero-order valence-corrected chi connectivity index (χ0v) is 17.0. The fraction of sp³-hybridized carbons (Fsp3) is 0.300. The zero-order valence-electron chi connectivity index (χ0n) is 16.2. The molecule has 1 saturated heterocycles. The maximum Gasteiger partial charge on any atom is 0.288 e. The van der Waals surface area contributed by atoms with Crippen LogP contribution in [0.3, 0.4) is 0 Å². The van der Waals surface area contributed by atoms with Crippen molar-refractivity contribution in [3.8, 4) is 0 Å². The van der Waals surface area contributed by atoms with Crippen LogP contribution in [-0.4, -0.2) is 67.0 Å². The molecule has 2 N–H and O–H groups in total. The van der Waals surface area contributed by atoms with Gasteiger partial charge in [-0.1, -0.05) is 23.7 Å². The van der Waals surface area contributed by atoms with E-state index >= 15 is 0 Å². The number of hydrogen-bond donors (Lipinski definition) is 2. The van der Waals surface area contributed by atoms with Gasteiger partial charge in [0, 0.05) is 43.1 Å². The number of aromatic nitrogens is 1. The number of carbonyl (C=O) groups excluding carboxylic acids is 3. The van der Waals surface area contributed by atoms with Crippen LogP contribution in [-0.2, 0) is 14.3 Å². The highest BCUT2D eigenvalue weighted by Gasteiger charge is 2.21. The second-order valence-corrected chi connectivity index (χ2v) is 6.99. The van der Waals surface area contributed by atoms with E-state index in [1.54, 1.807) is 17.0 Å². The number of hydrogen-bond acceptors (Lipinski definition) is 6. The molecule has 1 aliphatic heterocycles. The number of halogens is 1. The van der Waals surface area contributed by atoms with Gasteiger partial charge in [0.2, 0.25) is 5.91 Å². The Hall–Kier alpha value is -3.17. The van der Waals surface area contributed by atoms with Crippen molar-refractivity contribution in [3.05, 3.63) is 59.4 Å². The van der Waals surface area contributed by atoms with Crippen LogP contribution in [0.25, 0.3) is 0 Å². The second kappa shape index (κ2) is 10.6. The molecule has 0 unspecified atom stereocenters. The van der Waals surface area contributed by atoms with E-state index in [0.29, 0.717) is 31.2 Å². The lowest BCUT2D eigenvalue weighted by molar-refractivity contribution is -0.138. The van der Waals surface area contributed by atoms with Crippen LogP contribution in [0, 0.1) is 0 Å². The van der Waals surface area contributed by atoms with Gasteiger partial charge >= 0.3 is 0 Å². The molecule has 158 valence electrons. The van der Waals surface area contributed by atoms with Gasteiger partial charge in [-0.05, 0) is 30.3 Å². The predicted molar refractivity (Wildman–Crippen MR) is 111 cm³/mol. The van der Waals surface area contributed by atoms with Gasteiger partial charge in [0.25, 0.3) is 11.8 Å². The number of benzene rings is 1. The van der Waals surface area contributed by atoms with Crippen molar-refractivity contribution in [1.29, 1.82) is 0 Å². The summed E-state index contributed by atoms with van der Waals surface area (Å²) in [5.41, 5.74) is 5.65. The van der Waals surface area contributed by atoms with E-state index in [4.69, 9.17) is 16.3 Å². The molecule has 3 rings (SSSR count). The summed E-state index contributed by atoms with van der Waals surface area (Å²) in [6.45, 7) is 1.93. The number of carbonyl (C=O) groups is 3. The van der Waals surface area contributed by atoms with E-state index in [2.05, 4.69) is 20.7 Å². The van der Waals surface area contributed by atoms with Crippen LogP contribution in [0.2, 0.25) is 5.02 Å². The topological polar surface area (TPSA) is 104 Å². The zero-order chi connectivity index (χ0) is 21.3. The maximum atomic E-state index is 12.3. The molecule has 1 aromatic carbocycles. The lowest BCUT2D eigenvalue weighted by Crippen LogP contribution is -2.50. The van der Waals surface area contributed by atoms with Crippen molar-refractivity contribution in [2.45, 2.75) is 0 Å². The number of rotatable bonds is 6. The summed E-state index contributed by atoms with van der Waals surface area (Å²) >= 11 is 6.03. The van der Waals surface area contributed by atoms with Crippen LogP contribution < -0.4 is 15.8 Å². The van der Waals surface area contributed by atoms with Gasteiger partial charge in [-0.3, -0.25) is 30.2 Å². The van der Waals surface area contributed by atoms with Crippen LogP contribution in [0.5, 0.6) is 0 Å². The molecule has 1 aromatic heterocycles. The Morgan fingerprint density at radius 2 is 1.80 bits per heavy atom. The Morgan fingerprint density at radius 1 is 1.00 bits per heavy atom. The molecule has 0 bridgehead atoms. The van der Waals surface area contributed by atoms with Gasteiger partial charge in [-0.15, -0.1) is 0 Å². The molecule has 2 aromatic rings. The second-order valence-electron chi connectivity index (χ2n) is 6.56. The molecule has 1 aliphatic rings. The van der Waals surface area contributed by atoms with E-state index in [-0.39, 0.29) is 24.8 Å². The first-order chi connectivity index (χ1) is 14.5. The van der Waals surface area contributed by atoms with Gasteiger partial charge < -0.3 is 14.5 Å². The number of pyridine rings is 1. The third kappa shape index (κ3) is 6.16. The summed E-state index contributed by atoms with van der Waals surface area (Å²) in [7, 11) is 0. The van der Waals surface area contributed by atoms with E-state index in [0.717, 1.165) is 5.69 Å². The highest BCUT2D eigenvalue weighted by atomic mass is 35.5. The van der Waals surface area contributed by atoms with Crippen molar-refractivity contribution in [2.24, 2.45) is 0 Å². The fourth-order valence-electron chi connectivity index (χ4n) is 2.93. The number of hydrazine groups is 1. The minimum atomic E-state index is -0.571. The molecule has 0 spiro atoms. The van der Waals surface area contributed by atoms with Crippen molar-refractivity contribution in [1.82, 2.24) is 20.7 Å². The first kappa shape index (κ1) is 21.5.